The van der Waals surface area contributed by atoms with Gasteiger partial charge in [-0.1, -0.05) is 27.3 Å². The largest absolute Gasteiger partial charge is 0.326 e. The average molecular weight is 230 g/mol. The van der Waals surface area contributed by atoms with E-state index in [-0.39, 0.29) is 19.3 Å². The van der Waals surface area contributed by atoms with Gasteiger partial charge in [-0.3, -0.25) is 9.78 Å². The van der Waals surface area contributed by atoms with Crippen molar-refractivity contribution in [3.05, 3.63) is 36.5 Å². The topological polar surface area (TPSA) is 42.0 Å². The molecule has 0 spiro atoms. The Bertz CT molecular complexity index is 520. The molecule has 0 atom stereocenters. The van der Waals surface area contributed by atoms with Crippen molar-refractivity contribution in [2.75, 3.05) is 5.32 Å². The lowest BCUT2D eigenvalue weighted by molar-refractivity contribution is -0.118. The van der Waals surface area contributed by atoms with Crippen LogP contribution in [-0.4, -0.2) is 10.9 Å². The van der Waals surface area contributed by atoms with E-state index in [0.29, 0.717) is 0 Å². The highest BCUT2D eigenvalue weighted by Gasteiger charge is 2.07. The molecule has 1 heterocycles. The van der Waals surface area contributed by atoms with Crippen LogP contribution < -0.4 is 5.32 Å². The van der Waals surface area contributed by atoms with Crippen LogP contribution in [0.5, 0.6) is 0 Å². The van der Waals surface area contributed by atoms with E-state index in [0.717, 1.165) is 16.6 Å². The second-order valence-electron chi connectivity index (χ2n) is 4.05. The lowest BCUT2D eigenvalue weighted by atomic mass is 10.1. The second kappa shape index (κ2) is 5.43. The highest BCUT2D eigenvalue weighted by Crippen LogP contribution is 2.17. The molecule has 3 nitrogen and oxygen atoms in total. The zero-order valence-electron chi connectivity index (χ0n) is 9.40. The summed E-state index contributed by atoms with van der Waals surface area (Å²) in [5.74, 6) is 0.0211. The van der Waals surface area contributed by atoms with Crippen molar-refractivity contribution in [1.82, 2.24) is 4.98 Å². The van der Waals surface area contributed by atoms with Gasteiger partial charge in [0, 0.05) is 23.2 Å². The van der Waals surface area contributed by atoms with Gasteiger partial charge in [0.2, 0.25) is 5.91 Å². The van der Waals surface area contributed by atoms with Gasteiger partial charge in [0.15, 0.2) is 0 Å². The third-order valence-electron chi connectivity index (χ3n) is 2.39. The number of carbonyl (C=O) groups is 1. The van der Waals surface area contributed by atoms with Crippen molar-refractivity contribution in [2.45, 2.75) is 21.3 Å². The molecule has 0 aliphatic heterocycles. The van der Waals surface area contributed by atoms with E-state index in [1.54, 1.807) is 6.20 Å². The molecule has 17 heavy (non-hydrogen) atoms. The lowest BCUT2D eigenvalue weighted by Crippen LogP contribution is -2.17. The number of hydrogen-bond donors (Lipinski definition) is 1. The van der Waals surface area contributed by atoms with Crippen LogP contribution in [0, 0.1) is 5.92 Å². The van der Waals surface area contributed by atoms with Crippen molar-refractivity contribution in [3.63, 3.8) is 0 Å². The van der Waals surface area contributed by atoms with Gasteiger partial charge in [0.1, 0.15) is 0 Å². The molecule has 1 amide bonds. The van der Waals surface area contributed by atoms with Crippen molar-refractivity contribution >= 4 is 22.5 Å². The van der Waals surface area contributed by atoms with Crippen LogP contribution in [0.2, 0.25) is 0 Å². The zero-order valence-corrected chi connectivity index (χ0v) is 9.40. The molecule has 0 aliphatic rings. The maximum absolute atomic E-state index is 11.5. The van der Waals surface area contributed by atoms with E-state index in [1.807, 2.05) is 44.2 Å². The fraction of sp³-hybridized carbons (Fsp3) is 0.286. The normalized spacial score (nSPS) is 10.1. The number of aromatic nitrogens is 1. The SMILES string of the molecule is C.CC(C)C(=O)Nc1ccc2ncccc2c1. The lowest BCUT2D eigenvalue weighted by Gasteiger charge is -2.08. The molecule has 2 rings (SSSR count). The Hall–Kier alpha value is -1.90. The molecule has 0 unspecified atom stereocenters. The molecule has 1 N–H and O–H groups in total. The number of carbonyl (C=O) groups excluding carboxylic acids is 1. The van der Waals surface area contributed by atoms with Gasteiger partial charge in [0.05, 0.1) is 5.52 Å². The Labute approximate surface area is 102 Å². The summed E-state index contributed by atoms with van der Waals surface area (Å²) in [5, 5.41) is 3.90. The minimum atomic E-state index is -0.00963. The van der Waals surface area contributed by atoms with Crippen LogP contribution in [0.4, 0.5) is 5.69 Å². The summed E-state index contributed by atoms with van der Waals surface area (Å²) in [5.41, 5.74) is 1.75. The summed E-state index contributed by atoms with van der Waals surface area (Å²) in [6.07, 6.45) is 1.76. The number of amides is 1. The second-order valence-corrected chi connectivity index (χ2v) is 4.05. The number of benzene rings is 1. The first-order chi connectivity index (χ1) is 7.66. The molecular formula is C14H18N2O. The van der Waals surface area contributed by atoms with Crippen LogP contribution in [-0.2, 0) is 4.79 Å². The smallest absolute Gasteiger partial charge is 0.226 e. The summed E-state index contributed by atoms with van der Waals surface area (Å²) in [7, 11) is 0. The van der Waals surface area contributed by atoms with Crippen LogP contribution in [0.1, 0.15) is 21.3 Å². The Morgan fingerprint density at radius 1 is 1.29 bits per heavy atom. The molecule has 0 bridgehead atoms. The van der Waals surface area contributed by atoms with E-state index in [9.17, 15) is 4.79 Å². The predicted octanol–water partition coefficient (Wildman–Crippen LogP) is 3.47. The van der Waals surface area contributed by atoms with E-state index >= 15 is 0 Å². The number of nitrogens with zero attached hydrogens (tertiary/aromatic N) is 1. The van der Waals surface area contributed by atoms with Gasteiger partial charge in [-0.25, -0.2) is 0 Å². The van der Waals surface area contributed by atoms with Crippen molar-refractivity contribution in [1.29, 1.82) is 0 Å². The van der Waals surface area contributed by atoms with Crippen molar-refractivity contribution < 1.29 is 4.79 Å². The molecule has 2 aromatic rings. The molecule has 0 saturated heterocycles. The monoisotopic (exact) mass is 230 g/mol. The highest BCUT2D eigenvalue weighted by atomic mass is 16.1. The van der Waals surface area contributed by atoms with E-state index < -0.39 is 0 Å². The summed E-state index contributed by atoms with van der Waals surface area (Å²) in [6, 6.07) is 9.58. The standard InChI is InChI=1S/C13H14N2O.CH4/c1-9(2)13(16)15-11-5-6-12-10(8-11)4-3-7-14-12;/h3-9H,1-2H3,(H,15,16);1H4. The minimum Gasteiger partial charge on any atom is -0.326 e. The Morgan fingerprint density at radius 3 is 2.76 bits per heavy atom. The van der Waals surface area contributed by atoms with Crippen molar-refractivity contribution in [3.8, 4) is 0 Å². The summed E-state index contributed by atoms with van der Waals surface area (Å²) < 4.78 is 0. The van der Waals surface area contributed by atoms with E-state index in [1.165, 1.54) is 0 Å². The highest BCUT2D eigenvalue weighted by molar-refractivity contribution is 5.94. The Balaban J connectivity index is 0.00000144. The fourth-order valence-corrected chi connectivity index (χ4v) is 1.44. The molecule has 3 heteroatoms. The fourth-order valence-electron chi connectivity index (χ4n) is 1.44. The first kappa shape index (κ1) is 13.2. The summed E-state index contributed by atoms with van der Waals surface area (Å²) in [6.45, 7) is 3.75. The first-order valence-corrected chi connectivity index (χ1v) is 5.32. The van der Waals surface area contributed by atoms with Crippen LogP contribution in [0.15, 0.2) is 36.5 Å². The molecule has 0 fully saturated rings. The van der Waals surface area contributed by atoms with Gasteiger partial charge in [-0.05, 0) is 24.3 Å². The Morgan fingerprint density at radius 2 is 2.06 bits per heavy atom. The maximum Gasteiger partial charge on any atom is 0.226 e. The number of pyridine rings is 1. The van der Waals surface area contributed by atoms with Crippen LogP contribution >= 0.6 is 0 Å². The average Bonchev–Trinajstić information content (AvgIpc) is 2.28. The van der Waals surface area contributed by atoms with Crippen molar-refractivity contribution in [2.24, 2.45) is 5.92 Å². The molecule has 0 aliphatic carbocycles. The molecule has 0 radical (unpaired) electrons. The molecular weight excluding hydrogens is 212 g/mol. The first-order valence-electron chi connectivity index (χ1n) is 5.32. The number of rotatable bonds is 2. The van der Waals surface area contributed by atoms with Gasteiger partial charge >= 0.3 is 0 Å². The van der Waals surface area contributed by atoms with Gasteiger partial charge in [-0.2, -0.15) is 0 Å². The number of fused-ring (bicyclic) bond motifs is 1. The summed E-state index contributed by atoms with van der Waals surface area (Å²) in [4.78, 5) is 15.7. The molecule has 90 valence electrons. The molecule has 1 aromatic heterocycles. The summed E-state index contributed by atoms with van der Waals surface area (Å²) >= 11 is 0. The zero-order chi connectivity index (χ0) is 11.5. The third kappa shape index (κ3) is 3.03. The molecule has 1 aromatic carbocycles. The molecule has 0 saturated carbocycles. The van der Waals surface area contributed by atoms with Gasteiger partial charge in [-0.15, -0.1) is 0 Å². The van der Waals surface area contributed by atoms with Crippen LogP contribution in [0.25, 0.3) is 10.9 Å². The maximum atomic E-state index is 11.5. The predicted molar refractivity (Wildman–Crippen MR) is 71.9 cm³/mol. The number of anilines is 1. The van der Waals surface area contributed by atoms with E-state index in [4.69, 9.17) is 0 Å². The number of nitrogens with one attached hydrogen (secondary N) is 1. The Kier molecular flexibility index (Phi) is 4.21. The van der Waals surface area contributed by atoms with E-state index in [2.05, 4.69) is 10.3 Å². The quantitative estimate of drug-likeness (QED) is 0.858. The number of hydrogen-bond acceptors (Lipinski definition) is 2. The third-order valence-corrected chi connectivity index (χ3v) is 2.39. The minimum absolute atomic E-state index is 0. The van der Waals surface area contributed by atoms with Crippen LogP contribution in [0.3, 0.4) is 0 Å². The van der Waals surface area contributed by atoms with Gasteiger partial charge < -0.3 is 5.32 Å². The van der Waals surface area contributed by atoms with Gasteiger partial charge in [0.25, 0.3) is 0 Å².